The van der Waals surface area contributed by atoms with Gasteiger partial charge in [0.1, 0.15) is 0 Å². The standard InChI is InChI=1S/C26H25FGeNO.C13H24O2.Ir/c1-14(2)22-17-8-7-15(3)11-16(17)12-19-24-23-18(20(27)13-29-24)9-10-21(28(4,5)6)26(23)30-25(19)22;1-5-10(6-2)12(14)9-13(15)11(7-3)8-4;/h7-11,13-14H,1-6H3;9-11,14H,5-8H2,1-4H3;/q-1;;/b;12-9-;. The van der Waals surface area contributed by atoms with Gasteiger partial charge in [-0.2, -0.15) is 0 Å². The zero-order valence-corrected chi connectivity index (χ0v) is 33.5. The molecule has 1 aromatic heterocycles. The zero-order chi connectivity index (χ0) is 33.2. The number of hydrogen-bond donors (Lipinski definition) is 1. The van der Waals surface area contributed by atoms with E-state index in [1.54, 1.807) is 0 Å². The third-order valence-electron chi connectivity index (χ3n) is 9.06. The fourth-order valence-electron chi connectivity index (χ4n) is 6.33. The predicted octanol–water partition coefficient (Wildman–Crippen LogP) is 10.9. The second kappa shape index (κ2) is 15.6. The first-order valence-corrected chi connectivity index (χ1v) is 23.8. The van der Waals surface area contributed by atoms with Gasteiger partial charge in [-0.3, -0.25) is 4.79 Å². The molecule has 3 aromatic carbocycles. The van der Waals surface area contributed by atoms with Crippen molar-refractivity contribution in [2.75, 3.05) is 0 Å². The minimum absolute atomic E-state index is 0. The number of carbonyl (C=O) groups is 1. The monoisotopic (exact) mass is 865 g/mol. The summed E-state index contributed by atoms with van der Waals surface area (Å²) in [6.45, 7) is 14.5. The van der Waals surface area contributed by atoms with Crippen molar-refractivity contribution in [3.63, 3.8) is 0 Å². The van der Waals surface area contributed by atoms with Crippen LogP contribution in [-0.4, -0.2) is 29.1 Å². The van der Waals surface area contributed by atoms with Gasteiger partial charge in [0.2, 0.25) is 0 Å². The van der Waals surface area contributed by atoms with Gasteiger partial charge < -0.3 is 5.11 Å². The Kier molecular flexibility index (Phi) is 12.8. The molecule has 0 atom stereocenters. The molecule has 0 unspecified atom stereocenters. The van der Waals surface area contributed by atoms with E-state index in [2.05, 4.69) is 73.4 Å². The van der Waals surface area contributed by atoms with Crippen molar-refractivity contribution < 1.29 is 39.1 Å². The number of aliphatic hydroxyl groups is 1. The van der Waals surface area contributed by atoms with E-state index in [-0.39, 0.29) is 55.2 Å². The Balaban J connectivity index is 0.000000309. The Morgan fingerprint density at radius 3 is 2.15 bits per heavy atom. The number of aliphatic hydroxyl groups excluding tert-OH is 1. The minimum Gasteiger partial charge on any atom is 0 e. The summed E-state index contributed by atoms with van der Waals surface area (Å²) in [6.07, 6.45) is 6.24. The van der Waals surface area contributed by atoms with Crippen molar-refractivity contribution in [2.24, 2.45) is 11.8 Å². The molecule has 249 valence electrons. The van der Waals surface area contributed by atoms with E-state index in [1.807, 2.05) is 33.8 Å². The van der Waals surface area contributed by atoms with Gasteiger partial charge in [-0.15, -0.1) is 0 Å². The number of ketones is 1. The Hall–Kier alpha value is -2.54. The number of benzene rings is 3. The van der Waals surface area contributed by atoms with Crippen LogP contribution in [0.15, 0.2) is 48.4 Å². The number of ether oxygens (including phenoxy) is 1. The minimum atomic E-state index is -2.29. The number of allylic oxidation sites excluding steroid dienone is 2. The van der Waals surface area contributed by atoms with Crippen molar-refractivity contribution in [3.8, 4) is 22.8 Å². The first kappa shape index (κ1) is 37.9. The summed E-state index contributed by atoms with van der Waals surface area (Å²) in [6, 6.07) is 14.0. The molecule has 1 N–H and O–H groups in total. The fraction of sp³-hybridized carbons (Fsp3) is 0.436. The van der Waals surface area contributed by atoms with Crippen LogP contribution in [0.2, 0.25) is 17.3 Å². The average molecular weight is 864 g/mol. The van der Waals surface area contributed by atoms with Gasteiger partial charge in [0, 0.05) is 38.0 Å². The molecule has 2 heterocycles. The topological polar surface area (TPSA) is 59.4 Å². The molecule has 0 fully saturated rings. The van der Waals surface area contributed by atoms with E-state index in [1.165, 1.54) is 27.8 Å². The average Bonchev–Trinajstić information content (AvgIpc) is 2.98. The van der Waals surface area contributed by atoms with Crippen molar-refractivity contribution in [3.05, 3.63) is 71.4 Å². The quantitative estimate of drug-likeness (QED) is 0.0694. The van der Waals surface area contributed by atoms with Crippen LogP contribution in [0.3, 0.4) is 0 Å². The number of rotatable bonds is 9. The molecule has 1 aliphatic heterocycles. The van der Waals surface area contributed by atoms with E-state index in [4.69, 9.17) is 4.74 Å². The van der Waals surface area contributed by atoms with Crippen molar-refractivity contribution in [2.45, 2.75) is 97.3 Å². The molecular formula is C39H49FGeIrNO3-. The maximum Gasteiger partial charge on any atom is 0 e. The van der Waals surface area contributed by atoms with Crippen molar-refractivity contribution >= 4 is 45.0 Å². The second-order valence-electron chi connectivity index (χ2n) is 13.6. The van der Waals surface area contributed by atoms with Crippen LogP contribution in [0.5, 0.6) is 11.5 Å². The van der Waals surface area contributed by atoms with E-state index < -0.39 is 13.3 Å². The van der Waals surface area contributed by atoms with Gasteiger partial charge >= 0.3 is 180 Å². The Labute approximate surface area is 290 Å². The fourth-order valence-corrected chi connectivity index (χ4v) is 9.35. The van der Waals surface area contributed by atoms with Crippen molar-refractivity contribution in [1.29, 1.82) is 0 Å². The first-order chi connectivity index (χ1) is 21.3. The van der Waals surface area contributed by atoms with E-state index in [0.29, 0.717) is 5.39 Å². The molecule has 46 heavy (non-hydrogen) atoms. The summed E-state index contributed by atoms with van der Waals surface area (Å²) in [5, 5.41) is 13.3. The van der Waals surface area contributed by atoms with Crippen molar-refractivity contribution in [1.82, 2.24) is 4.98 Å². The number of fused-ring (bicyclic) bond motifs is 3. The summed E-state index contributed by atoms with van der Waals surface area (Å²) in [7, 11) is 0. The molecule has 4 aromatic rings. The first-order valence-electron chi connectivity index (χ1n) is 16.5. The summed E-state index contributed by atoms with van der Waals surface area (Å²) < 4.78 is 22.6. The Morgan fingerprint density at radius 1 is 0.978 bits per heavy atom. The number of pyridine rings is 1. The molecule has 0 aliphatic carbocycles. The summed E-state index contributed by atoms with van der Waals surface area (Å²) >= 11 is -2.29. The van der Waals surface area contributed by atoms with E-state index in [0.717, 1.165) is 64.6 Å². The predicted molar refractivity (Wildman–Crippen MR) is 189 cm³/mol. The number of aryl methyl sites for hydroxylation is 1. The number of halogens is 1. The summed E-state index contributed by atoms with van der Waals surface area (Å²) in [5.74, 6) is 9.14. The van der Waals surface area contributed by atoms with Crippen LogP contribution in [-0.2, 0) is 24.9 Å². The normalized spacial score (nSPS) is 12.6. The van der Waals surface area contributed by atoms with Gasteiger partial charge in [0.05, 0.1) is 5.76 Å². The maximum absolute atomic E-state index is 14.7. The van der Waals surface area contributed by atoms with E-state index >= 15 is 0 Å². The van der Waals surface area contributed by atoms with E-state index in [9.17, 15) is 14.3 Å². The largest absolute Gasteiger partial charge is 0 e. The molecule has 0 bridgehead atoms. The second-order valence-corrected chi connectivity index (χ2v) is 24.2. The molecule has 0 saturated carbocycles. The third-order valence-corrected chi connectivity index (χ3v) is 13.3. The zero-order valence-electron chi connectivity index (χ0n) is 29.0. The Morgan fingerprint density at radius 2 is 1.59 bits per heavy atom. The molecule has 7 heteroatoms. The maximum atomic E-state index is 14.7. The van der Waals surface area contributed by atoms with Gasteiger partial charge in [0.25, 0.3) is 0 Å². The molecule has 5 rings (SSSR count). The van der Waals surface area contributed by atoms with Crippen LogP contribution >= 0.6 is 0 Å². The van der Waals surface area contributed by atoms with Gasteiger partial charge in [-0.1, -0.05) is 27.7 Å². The van der Waals surface area contributed by atoms with Gasteiger partial charge in [-0.25, -0.2) is 0 Å². The smallest absolute Gasteiger partial charge is 0 e. The number of hydrogen-bond acceptors (Lipinski definition) is 4. The third kappa shape index (κ3) is 7.61. The van der Waals surface area contributed by atoms with Crippen LogP contribution in [0.4, 0.5) is 4.39 Å². The summed E-state index contributed by atoms with van der Waals surface area (Å²) in [4.78, 5) is 16.3. The molecule has 1 aliphatic rings. The molecule has 0 spiro atoms. The molecular weight excluding hydrogens is 814 g/mol. The SMILES string of the molecule is CCC(CC)C(=O)/C=C(\O)C(CC)CC.Cc1ccc2c(C(C)C)c3c([c-]c2c1)-c1ncc(F)c2cc[c]([Ge]([CH3])([CH3])[CH3])c(c12)O3.[Ir]. The van der Waals surface area contributed by atoms with Gasteiger partial charge in [-0.05, 0) is 25.7 Å². The Bertz CT molecular complexity index is 1750. The number of carbonyl (C=O) groups excluding carboxylic acids is 1. The molecule has 1 radical (unpaired) electrons. The summed E-state index contributed by atoms with van der Waals surface area (Å²) in [5.41, 5.74) is 3.97. The van der Waals surface area contributed by atoms with Gasteiger partial charge in [0.15, 0.2) is 5.78 Å². The van der Waals surface area contributed by atoms with Crippen LogP contribution in [0, 0.1) is 30.6 Å². The molecule has 4 nitrogen and oxygen atoms in total. The van der Waals surface area contributed by atoms with Crippen LogP contribution < -0.4 is 9.13 Å². The number of nitrogens with zero attached hydrogens (tertiary/aromatic N) is 1. The van der Waals surface area contributed by atoms with Crippen LogP contribution in [0.25, 0.3) is 32.8 Å². The number of aromatic nitrogens is 1. The molecule has 0 saturated heterocycles. The van der Waals surface area contributed by atoms with Crippen LogP contribution in [0.1, 0.15) is 84.3 Å². The molecule has 0 amide bonds.